The summed E-state index contributed by atoms with van der Waals surface area (Å²) >= 11 is 0. The van der Waals surface area contributed by atoms with E-state index in [2.05, 4.69) is 34.5 Å². The molecule has 1 saturated heterocycles. The van der Waals surface area contributed by atoms with Gasteiger partial charge in [-0.25, -0.2) is 13.2 Å². The summed E-state index contributed by atoms with van der Waals surface area (Å²) in [5.41, 5.74) is 2.72. The van der Waals surface area contributed by atoms with Crippen LogP contribution in [0.5, 0.6) is 0 Å². The zero-order valence-electron chi connectivity index (χ0n) is 21.2. The van der Waals surface area contributed by atoms with E-state index < -0.39 is 16.0 Å². The molecule has 1 N–H and O–H groups in total. The van der Waals surface area contributed by atoms with Crippen LogP contribution < -0.4 is 5.32 Å². The molecule has 9 heteroatoms. The fourth-order valence-corrected chi connectivity index (χ4v) is 5.88. The van der Waals surface area contributed by atoms with Crippen molar-refractivity contribution in [1.29, 1.82) is 5.26 Å². The Morgan fingerprint density at radius 2 is 1.50 bits per heavy atom. The van der Waals surface area contributed by atoms with Crippen LogP contribution in [0.2, 0.25) is 0 Å². The molecule has 1 aliphatic rings. The summed E-state index contributed by atoms with van der Waals surface area (Å²) in [6, 6.07) is 28.6. The molecule has 0 aromatic heterocycles. The second kappa shape index (κ2) is 12.5. The number of hydrogen-bond donors (Lipinski definition) is 1. The molecule has 1 heterocycles. The number of nitrogens with zero attached hydrogens (tertiary/aromatic N) is 3. The Labute approximate surface area is 223 Å². The number of esters is 1. The first-order chi connectivity index (χ1) is 18.4. The van der Waals surface area contributed by atoms with Crippen LogP contribution in [0.4, 0.5) is 5.69 Å². The normalized spacial score (nSPS) is 15.1. The van der Waals surface area contributed by atoms with Crippen LogP contribution in [0.25, 0.3) is 0 Å². The van der Waals surface area contributed by atoms with Crippen molar-refractivity contribution >= 4 is 21.7 Å². The first-order valence-electron chi connectivity index (χ1n) is 12.4. The lowest BCUT2D eigenvalue weighted by Gasteiger charge is -2.39. The van der Waals surface area contributed by atoms with Crippen LogP contribution in [0.15, 0.2) is 102 Å². The van der Waals surface area contributed by atoms with Gasteiger partial charge in [-0.2, -0.15) is 9.57 Å². The van der Waals surface area contributed by atoms with Crippen molar-refractivity contribution in [3.63, 3.8) is 0 Å². The van der Waals surface area contributed by atoms with Gasteiger partial charge in [0, 0.05) is 38.1 Å². The molecule has 0 unspecified atom stereocenters. The molecular formula is C29H30N4O4S. The summed E-state index contributed by atoms with van der Waals surface area (Å²) in [6.45, 7) is 3.78. The Morgan fingerprint density at radius 1 is 0.947 bits per heavy atom. The summed E-state index contributed by atoms with van der Waals surface area (Å²) in [6.07, 6.45) is 1.25. The molecule has 4 rings (SSSR count). The van der Waals surface area contributed by atoms with Crippen LogP contribution in [0.3, 0.4) is 0 Å². The Kier molecular flexibility index (Phi) is 8.92. The Bertz CT molecular complexity index is 1350. The monoisotopic (exact) mass is 530 g/mol. The summed E-state index contributed by atoms with van der Waals surface area (Å²) in [5.74, 6) is -0.720. The van der Waals surface area contributed by atoms with E-state index in [1.807, 2.05) is 36.4 Å². The third-order valence-electron chi connectivity index (χ3n) is 6.36. The lowest BCUT2D eigenvalue weighted by molar-refractivity contribution is -0.138. The van der Waals surface area contributed by atoms with Crippen LogP contribution in [-0.2, 0) is 19.6 Å². The van der Waals surface area contributed by atoms with E-state index >= 15 is 0 Å². The van der Waals surface area contributed by atoms with Gasteiger partial charge in [0.25, 0.3) is 0 Å². The molecule has 1 aliphatic heterocycles. The smallest absolute Gasteiger partial charge is 0.350 e. The van der Waals surface area contributed by atoms with E-state index in [4.69, 9.17) is 10.00 Å². The highest BCUT2D eigenvalue weighted by atomic mass is 32.2. The highest BCUT2D eigenvalue weighted by Crippen LogP contribution is 2.30. The predicted molar refractivity (Wildman–Crippen MR) is 145 cm³/mol. The molecule has 0 saturated carbocycles. The van der Waals surface area contributed by atoms with Crippen molar-refractivity contribution in [2.45, 2.75) is 17.9 Å². The minimum absolute atomic E-state index is 0.0496. The number of carbonyl (C=O) groups is 1. The lowest BCUT2D eigenvalue weighted by atomic mass is 9.96. The number of carbonyl (C=O) groups excluding carboxylic acids is 1. The van der Waals surface area contributed by atoms with Crippen LogP contribution in [-0.4, -0.2) is 56.4 Å². The molecule has 8 nitrogen and oxygen atoms in total. The SMILES string of the molecule is CCOC(=O)/C(C#N)=C/Nc1ccc(S(=O)(=O)N2CCN(C(c3ccccc3)c3ccccc3)CC2)cc1. The molecule has 0 bridgehead atoms. The zero-order chi connectivity index (χ0) is 27.0. The van der Waals surface area contributed by atoms with Gasteiger partial charge in [-0.3, -0.25) is 4.90 Å². The number of ether oxygens (including phenoxy) is 1. The molecule has 0 spiro atoms. The fraction of sp³-hybridized carbons (Fsp3) is 0.241. The van der Waals surface area contributed by atoms with Gasteiger partial charge in [0.05, 0.1) is 17.5 Å². The number of hydrogen-bond acceptors (Lipinski definition) is 7. The van der Waals surface area contributed by atoms with Crippen LogP contribution in [0, 0.1) is 11.3 Å². The maximum atomic E-state index is 13.4. The summed E-state index contributed by atoms with van der Waals surface area (Å²) in [7, 11) is -3.68. The minimum Gasteiger partial charge on any atom is -0.462 e. The first-order valence-corrected chi connectivity index (χ1v) is 13.9. The van der Waals surface area contributed by atoms with Crippen molar-refractivity contribution < 1.29 is 17.9 Å². The standard InChI is InChI=1S/C29H30N4O4S/c1-2-37-29(34)25(21-30)22-31-26-13-15-27(16-14-26)38(35,36)33-19-17-32(18-20-33)28(23-9-5-3-6-10-23)24-11-7-4-8-12-24/h3-16,22,28,31H,2,17-20H2,1H3/b25-22+. The third kappa shape index (κ3) is 6.29. The van der Waals surface area contributed by atoms with Gasteiger partial charge in [-0.1, -0.05) is 60.7 Å². The van der Waals surface area contributed by atoms with Gasteiger partial charge in [0.1, 0.15) is 6.07 Å². The zero-order valence-corrected chi connectivity index (χ0v) is 22.0. The number of piperazine rings is 1. The molecule has 3 aromatic carbocycles. The number of benzene rings is 3. The van der Waals surface area contributed by atoms with Gasteiger partial charge < -0.3 is 10.1 Å². The number of nitrogens with one attached hydrogen (secondary N) is 1. The Morgan fingerprint density at radius 3 is 2.00 bits per heavy atom. The molecule has 1 fully saturated rings. The van der Waals surface area contributed by atoms with E-state index in [1.54, 1.807) is 25.1 Å². The van der Waals surface area contributed by atoms with Crippen molar-refractivity contribution in [2.24, 2.45) is 0 Å². The molecule has 0 atom stereocenters. The highest BCUT2D eigenvalue weighted by molar-refractivity contribution is 7.89. The molecule has 3 aromatic rings. The van der Waals surface area contributed by atoms with Gasteiger partial charge in [0.2, 0.25) is 10.0 Å². The summed E-state index contributed by atoms with van der Waals surface area (Å²) < 4.78 is 33.1. The van der Waals surface area contributed by atoms with Crippen molar-refractivity contribution in [2.75, 3.05) is 38.1 Å². The second-order valence-corrected chi connectivity index (χ2v) is 10.7. The molecule has 0 aliphatic carbocycles. The highest BCUT2D eigenvalue weighted by Gasteiger charge is 2.32. The van der Waals surface area contributed by atoms with Gasteiger partial charge in [-0.15, -0.1) is 0 Å². The average Bonchev–Trinajstić information content (AvgIpc) is 2.95. The van der Waals surface area contributed by atoms with E-state index in [0.29, 0.717) is 31.9 Å². The quantitative estimate of drug-likeness (QED) is 0.252. The number of sulfonamides is 1. The number of anilines is 1. The maximum absolute atomic E-state index is 13.4. The summed E-state index contributed by atoms with van der Waals surface area (Å²) in [5, 5.41) is 12.0. The van der Waals surface area contributed by atoms with Gasteiger partial charge in [-0.05, 0) is 42.3 Å². The molecule has 0 amide bonds. The molecular weight excluding hydrogens is 500 g/mol. The minimum atomic E-state index is -3.68. The number of nitriles is 1. The largest absolute Gasteiger partial charge is 0.462 e. The number of rotatable bonds is 9. The predicted octanol–water partition coefficient (Wildman–Crippen LogP) is 4.16. The van der Waals surface area contributed by atoms with Crippen molar-refractivity contribution in [1.82, 2.24) is 9.21 Å². The van der Waals surface area contributed by atoms with E-state index in [9.17, 15) is 13.2 Å². The molecule has 196 valence electrons. The van der Waals surface area contributed by atoms with Crippen LogP contribution >= 0.6 is 0 Å². The maximum Gasteiger partial charge on any atom is 0.350 e. The average molecular weight is 531 g/mol. The summed E-state index contributed by atoms with van der Waals surface area (Å²) in [4.78, 5) is 14.3. The van der Waals surface area contributed by atoms with Gasteiger partial charge >= 0.3 is 5.97 Å². The first kappa shape index (κ1) is 27.1. The topological polar surface area (TPSA) is 103 Å². The van der Waals surface area contributed by atoms with E-state index in [-0.39, 0.29) is 23.1 Å². The van der Waals surface area contributed by atoms with Crippen LogP contribution in [0.1, 0.15) is 24.1 Å². The van der Waals surface area contributed by atoms with E-state index in [0.717, 1.165) is 0 Å². The van der Waals surface area contributed by atoms with Crippen molar-refractivity contribution in [3.8, 4) is 6.07 Å². The van der Waals surface area contributed by atoms with Gasteiger partial charge in [0.15, 0.2) is 5.57 Å². The molecule has 38 heavy (non-hydrogen) atoms. The third-order valence-corrected chi connectivity index (χ3v) is 8.27. The lowest BCUT2D eigenvalue weighted by Crippen LogP contribution is -2.49. The Hall–Kier alpha value is -3.97. The fourth-order valence-electron chi connectivity index (χ4n) is 4.46. The Balaban J connectivity index is 1.44. The van der Waals surface area contributed by atoms with Crippen molar-refractivity contribution in [3.05, 3.63) is 108 Å². The van der Waals surface area contributed by atoms with E-state index in [1.165, 1.54) is 33.8 Å². The molecule has 0 radical (unpaired) electrons. The second-order valence-electron chi connectivity index (χ2n) is 8.72.